The fourth-order valence-corrected chi connectivity index (χ4v) is 2.39. The van der Waals surface area contributed by atoms with E-state index in [2.05, 4.69) is 26.0 Å². The average molecular weight is 261 g/mol. The molecule has 4 nitrogen and oxygen atoms in total. The van der Waals surface area contributed by atoms with Crippen molar-refractivity contribution in [2.45, 2.75) is 27.3 Å². The highest BCUT2D eigenvalue weighted by molar-refractivity contribution is 5.86. The number of methoxy groups -OCH3 is 1. The number of fused-ring (bicyclic) bond motifs is 1. The number of ether oxygens (including phenoxy) is 1. The number of hydrogen-bond acceptors (Lipinski definition) is 2. The Hall–Kier alpha value is -1.97. The predicted molar refractivity (Wildman–Crippen MR) is 74.1 cm³/mol. The van der Waals surface area contributed by atoms with Crippen molar-refractivity contribution in [3.63, 3.8) is 0 Å². The Balaban J connectivity index is 2.93. The summed E-state index contributed by atoms with van der Waals surface area (Å²) < 4.78 is 7.20. The summed E-state index contributed by atoms with van der Waals surface area (Å²) in [4.78, 5) is 11.3. The maximum atomic E-state index is 11.3. The minimum atomic E-state index is -0.916. The average Bonchev–Trinajstić information content (AvgIpc) is 2.62. The zero-order valence-corrected chi connectivity index (χ0v) is 11.7. The summed E-state index contributed by atoms with van der Waals surface area (Å²) in [5.74, 6) is -0.216. The highest BCUT2D eigenvalue weighted by Crippen LogP contribution is 2.21. The Morgan fingerprint density at radius 3 is 2.68 bits per heavy atom. The molecular formula is C15H19NO3. The van der Waals surface area contributed by atoms with Crippen LogP contribution < -0.4 is 10.6 Å². The van der Waals surface area contributed by atoms with E-state index in [1.807, 2.05) is 17.6 Å². The van der Waals surface area contributed by atoms with Crippen molar-refractivity contribution in [1.82, 2.24) is 4.57 Å². The van der Waals surface area contributed by atoms with Crippen LogP contribution >= 0.6 is 0 Å². The number of hydrogen-bond donors (Lipinski definition) is 1. The second kappa shape index (κ2) is 4.61. The lowest BCUT2D eigenvalue weighted by Gasteiger charge is -2.14. The van der Waals surface area contributed by atoms with Gasteiger partial charge in [-0.25, -0.2) is 4.79 Å². The van der Waals surface area contributed by atoms with Crippen molar-refractivity contribution in [1.29, 1.82) is 0 Å². The van der Waals surface area contributed by atoms with Crippen molar-refractivity contribution in [3.05, 3.63) is 34.5 Å². The van der Waals surface area contributed by atoms with Crippen molar-refractivity contribution in [2.75, 3.05) is 7.11 Å². The molecule has 0 saturated heterocycles. The Morgan fingerprint density at radius 2 is 2.16 bits per heavy atom. The first-order chi connectivity index (χ1) is 8.89. The van der Waals surface area contributed by atoms with Crippen LogP contribution in [0.25, 0.3) is 11.8 Å². The fourth-order valence-electron chi connectivity index (χ4n) is 2.39. The molecule has 19 heavy (non-hydrogen) atoms. The molecule has 0 aromatic carbocycles. The number of carboxylic acid groups (broad SMARTS) is 1. The molecule has 1 N–H and O–H groups in total. The summed E-state index contributed by atoms with van der Waals surface area (Å²) in [5, 5.41) is 11.0. The molecular weight excluding hydrogens is 242 g/mol. The van der Waals surface area contributed by atoms with E-state index in [0.29, 0.717) is 18.0 Å². The minimum absolute atomic E-state index is 0.143. The smallest absolute Gasteiger partial charge is 0.352 e. The van der Waals surface area contributed by atoms with Gasteiger partial charge in [-0.1, -0.05) is 26.0 Å². The Bertz CT molecular complexity index is 662. The standard InChI is InChI=1S/C15H19NO3/c1-5-16-11(14(17)18)8-10-12(16)9-15(2,3)7-6-13(10)19-4/h6-9H,5H2,1-4H3,(H,17,18). The summed E-state index contributed by atoms with van der Waals surface area (Å²) in [6.07, 6.45) is 6.06. The second-order valence-corrected chi connectivity index (χ2v) is 5.25. The molecule has 0 aliphatic heterocycles. The monoisotopic (exact) mass is 261 g/mol. The van der Waals surface area contributed by atoms with Gasteiger partial charge >= 0.3 is 5.97 Å². The minimum Gasteiger partial charge on any atom is -0.496 e. The van der Waals surface area contributed by atoms with E-state index in [1.165, 1.54) is 0 Å². The zero-order chi connectivity index (χ0) is 14.2. The number of carboxylic acids is 1. The van der Waals surface area contributed by atoms with Crippen LogP contribution in [0.4, 0.5) is 0 Å². The number of rotatable bonds is 3. The van der Waals surface area contributed by atoms with Crippen LogP contribution in [0.2, 0.25) is 0 Å². The first-order valence-electron chi connectivity index (χ1n) is 6.33. The van der Waals surface area contributed by atoms with Crippen molar-refractivity contribution in [3.8, 4) is 0 Å². The Kier molecular flexibility index (Phi) is 3.27. The number of nitrogens with zero attached hydrogens (tertiary/aromatic N) is 1. The lowest BCUT2D eigenvalue weighted by Crippen LogP contribution is -2.32. The highest BCUT2D eigenvalue weighted by atomic mass is 16.5. The quantitative estimate of drug-likeness (QED) is 0.893. The molecule has 1 aliphatic rings. The summed E-state index contributed by atoms with van der Waals surface area (Å²) in [6, 6.07) is 1.68. The van der Waals surface area contributed by atoms with E-state index < -0.39 is 5.97 Å². The maximum absolute atomic E-state index is 11.3. The molecule has 0 fully saturated rings. The zero-order valence-electron chi connectivity index (χ0n) is 11.7. The molecule has 0 atom stereocenters. The first-order valence-corrected chi connectivity index (χ1v) is 6.33. The van der Waals surface area contributed by atoms with Gasteiger partial charge in [0, 0.05) is 22.5 Å². The molecule has 102 valence electrons. The van der Waals surface area contributed by atoms with E-state index in [4.69, 9.17) is 4.74 Å². The SMILES string of the molecule is CCn1c(C(=O)O)cc2c1=CC(C)(C)C=CC=2OC. The van der Waals surface area contributed by atoms with Crippen LogP contribution in [0.1, 0.15) is 31.3 Å². The molecule has 4 heteroatoms. The lowest BCUT2D eigenvalue weighted by atomic mass is 9.93. The van der Waals surface area contributed by atoms with Crippen LogP contribution in [-0.4, -0.2) is 22.8 Å². The van der Waals surface area contributed by atoms with Crippen LogP contribution in [0, 0.1) is 5.41 Å². The van der Waals surface area contributed by atoms with Gasteiger partial charge in [0.15, 0.2) is 0 Å². The molecule has 0 unspecified atom stereocenters. The molecule has 2 rings (SSSR count). The molecule has 1 aliphatic carbocycles. The maximum Gasteiger partial charge on any atom is 0.352 e. The first kappa shape index (κ1) is 13.5. The van der Waals surface area contributed by atoms with Crippen molar-refractivity contribution >= 4 is 17.8 Å². The fraction of sp³-hybridized carbons (Fsp3) is 0.400. The van der Waals surface area contributed by atoms with Crippen LogP contribution in [-0.2, 0) is 11.3 Å². The molecule has 1 heterocycles. The topological polar surface area (TPSA) is 51.5 Å². The van der Waals surface area contributed by atoms with Gasteiger partial charge < -0.3 is 14.4 Å². The number of aromatic carboxylic acids is 1. The second-order valence-electron chi connectivity index (χ2n) is 5.25. The highest BCUT2D eigenvalue weighted by Gasteiger charge is 2.19. The van der Waals surface area contributed by atoms with Crippen molar-refractivity contribution < 1.29 is 14.6 Å². The summed E-state index contributed by atoms with van der Waals surface area (Å²) in [7, 11) is 1.60. The summed E-state index contributed by atoms with van der Waals surface area (Å²) >= 11 is 0. The van der Waals surface area contributed by atoms with Crippen LogP contribution in [0.5, 0.6) is 0 Å². The molecule has 1 aromatic rings. The Morgan fingerprint density at radius 1 is 1.47 bits per heavy atom. The molecule has 0 spiro atoms. The van der Waals surface area contributed by atoms with Gasteiger partial charge in [-0.05, 0) is 19.1 Å². The van der Waals surface area contributed by atoms with Gasteiger partial charge in [0.2, 0.25) is 0 Å². The van der Waals surface area contributed by atoms with Crippen LogP contribution in [0.3, 0.4) is 0 Å². The number of carbonyl (C=O) groups is 1. The number of allylic oxidation sites excluding steroid dienone is 1. The largest absolute Gasteiger partial charge is 0.496 e. The van der Waals surface area contributed by atoms with E-state index in [-0.39, 0.29) is 5.41 Å². The van der Waals surface area contributed by atoms with E-state index in [9.17, 15) is 9.90 Å². The molecule has 0 saturated carbocycles. The van der Waals surface area contributed by atoms with Gasteiger partial charge in [-0.3, -0.25) is 0 Å². The third kappa shape index (κ3) is 2.30. The lowest BCUT2D eigenvalue weighted by molar-refractivity contribution is 0.0685. The van der Waals surface area contributed by atoms with E-state index in [1.54, 1.807) is 13.2 Å². The molecule has 0 radical (unpaired) electrons. The van der Waals surface area contributed by atoms with E-state index in [0.717, 1.165) is 10.6 Å². The molecule has 0 bridgehead atoms. The molecule has 1 aromatic heterocycles. The van der Waals surface area contributed by atoms with Gasteiger partial charge in [0.1, 0.15) is 11.5 Å². The van der Waals surface area contributed by atoms with Gasteiger partial charge in [0.25, 0.3) is 0 Å². The number of aromatic nitrogens is 1. The van der Waals surface area contributed by atoms with Gasteiger partial charge in [-0.15, -0.1) is 0 Å². The van der Waals surface area contributed by atoms with Gasteiger partial charge in [-0.2, -0.15) is 0 Å². The normalized spacial score (nSPS) is 16.5. The van der Waals surface area contributed by atoms with Gasteiger partial charge in [0.05, 0.1) is 7.11 Å². The third-order valence-electron chi connectivity index (χ3n) is 3.33. The van der Waals surface area contributed by atoms with E-state index >= 15 is 0 Å². The molecule has 0 amide bonds. The Labute approximate surface area is 112 Å². The third-order valence-corrected chi connectivity index (χ3v) is 3.33. The summed E-state index contributed by atoms with van der Waals surface area (Å²) in [6.45, 7) is 6.72. The summed E-state index contributed by atoms with van der Waals surface area (Å²) in [5.41, 5.74) is 0.153. The predicted octanol–water partition coefficient (Wildman–Crippen LogP) is 1.34. The van der Waals surface area contributed by atoms with Crippen molar-refractivity contribution in [2.24, 2.45) is 5.41 Å². The van der Waals surface area contributed by atoms with Crippen LogP contribution in [0.15, 0.2) is 18.2 Å².